The van der Waals surface area contributed by atoms with Crippen LogP contribution in [0.3, 0.4) is 0 Å². The number of hydrogen-bond donors (Lipinski definition) is 1. The van der Waals surface area contributed by atoms with Gasteiger partial charge in [0.05, 0.1) is 13.2 Å². The highest BCUT2D eigenvalue weighted by Crippen LogP contribution is 2.22. The lowest BCUT2D eigenvalue weighted by molar-refractivity contribution is 0.190. The predicted molar refractivity (Wildman–Crippen MR) is 81.2 cm³/mol. The molecule has 0 aliphatic rings. The number of hydrogen-bond acceptors (Lipinski definition) is 3. The van der Waals surface area contributed by atoms with Gasteiger partial charge in [-0.2, -0.15) is 0 Å². The molecule has 0 bridgehead atoms. The van der Waals surface area contributed by atoms with Gasteiger partial charge in [-0.05, 0) is 49.2 Å². The molecule has 0 aromatic heterocycles. The lowest BCUT2D eigenvalue weighted by atomic mass is 10.0. The summed E-state index contributed by atoms with van der Waals surface area (Å²) >= 11 is 0. The average molecular weight is 271 g/mol. The van der Waals surface area contributed by atoms with E-state index in [-0.39, 0.29) is 12.1 Å². The fourth-order valence-electron chi connectivity index (χ4n) is 2.07. The van der Waals surface area contributed by atoms with Gasteiger partial charge in [-0.3, -0.25) is 0 Å². The molecule has 0 aliphatic heterocycles. The molecule has 0 radical (unpaired) electrons. The van der Waals surface area contributed by atoms with E-state index in [1.165, 1.54) is 5.56 Å². The summed E-state index contributed by atoms with van der Waals surface area (Å²) in [5.74, 6) is 1.68. The summed E-state index contributed by atoms with van der Waals surface area (Å²) in [5, 5.41) is 0. The van der Waals surface area contributed by atoms with Crippen molar-refractivity contribution in [3.05, 3.63) is 59.7 Å². The Morgan fingerprint density at radius 2 is 1.70 bits per heavy atom. The van der Waals surface area contributed by atoms with Crippen LogP contribution in [0.1, 0.15) is 24.1 Å². The molecular weight excluding hydrogens is 250 g/mol. The fourth-order valence-corrected chi connectivity index (χ4v) is 2.07. The molecule has 0 aliphatic carbocycles. The highest BCUT2D eigenvalue weighted by atomic mass is 16.5. The summed E-state index contributed by atoms with van der Waals surface area (Å²) in [6, 6.07) is 15.6. The first kappa shape index (κ1) is 14.4. The Morgan fingerprint density at radius 1 is 1.00 bits per heavy atom. The largest absolute Gasteiger partial charge is 0.497 e. The van der Waals surface area contributed by atoms with E-state index >= 15 is 0 Å². The van der Waals surface area contributed by atoms with Crippen molar-refractivity contribution in [2.75, 3.05) is 7.11 Å². The molecule has 0 fully saturated rings. The maximum absolute atomic E-state index is 6.25. The molecule has 0 heterocycles. The Hall–Kier alpha value is -2.00. The zero-order valence-electron chi connectivity index (χ0n) is 12.2. The molecule has 2 unspecified atom stereocenters. The number of rotatable bonds is 5. The third-order valence-electron chi connectivity index (χ3n) is 3.32. The van der Waals surface area contributed by atoms with Crippen LogP contribution in [-0.4, -0.2) is 13.2 Å². The minimum absolute atomic E-state index is 0.106. The van der Waals surface area contributed by atoms with Crippen molar-refractivity contribution in [3.63, 3.8) is 0 Å². The molecule has 2 N–H and O–H groups in total. The van der Waals surface area contributed by atoms with Gasteiger partial charge < -0.3 is 15.2 Å². The van der Waals surface area contributed by atoms with Gasteiger partial charge in [0.1, 0.15) is 17.6 Å². The maximum atomic E-state index is 6.25. The summed E-state index contributed by atoms with van der Waals surface area (Å²) in [4.78, 5) is 0. The van der Waals surface area contributed by atoms with E-state index in [9.17, 15) is 0 Å². The Labute approximate surface area is 120 Å². The number of aryl methyl sites for hydroxylation is 1. The second-order valence-corrected chi connectivity index (χ2v) is 4.94. The molecule has 2 aromatic rings. The summed E-state index contributed by atoms with van der Waals surface area (Å²) in [5.41, 5.74) is 8.46. The second-order valence-electron chi connectivity index (χ2n) is 4.94. The maximum Gasteiger partial charge on any atom is 0.120 e. The molecule has 3 heteroatoms. The first-order chi connectivity index (χ1) is 9.60. The van der Waals surface area contributed by atoms with Crippen molar-refractivity contribution in [1.29, 1.82) is 0 Å². The van der Waals surface area contributed by atoms with Gasteiger partial charge in [0.2, 0.25) is 0 Å². The Morgan fingerprint density at radius 3 is 2.30 bits per heavy atom. The normalized spacial score (nSPS) is 13.6. The highest BCUT2D eigenvalue weighted by molar-refractivity contribution is 5.31. The summed E-state index contributed by atoms with van der Waals surface area (Å²) in [6.45, 7) is 4.03. The lowest BCUT2D eigenvalue weighted by Crippen LogP contribution is -2.28. The molecule has 0 saturated carbocycles. The third-order valence-corrected chi connectivity index (χ3v) is 3.32. The van der Waals surface area contributed by atoms with Gasteiger partial charge in [0.15, 0.2) is 0 Å². The fraction of sp³-hybridized carbons (Fsp3) is 0.294. The number of ether oxygens (including phenoxy) is 2. The van der Waals surface area contributed by atoms with Crippen molar-refractivity contribution in [1.82, 2.24) is 0 Å². The SMILES string of the molecule is COc1ccc(C(N)C(C)Oc2cccc(C)c2)cc1. The van der Waals surface area contributed by atoms with Crippen LogP contribution in [0.4, 0.5) is 0 Å². The quantitative estimate of drug-likeness (QED) is 0.905. The monoisotopic (exact) mass is 271 g/mol. The van der Waals surface area contributed by atoms with Gasteiger partial charge in [-0.1, -0.05) is 24.3 Å². The van der Waals surface area contributed by atoms with Crippen molar-refractivity contribution in [2.45, 2.75) is 26.0 Å². The van der Waals surface area contributed by atoms with Crippen LogP contribution < -0.4 is 15.2 Å². The van der Waals surface area contributed by atoms with Crippen LogP contribution >= 0.6 is 0 Å². The molecule has 0 spiro atoms. The van der Waals surface area contributed by atoms with Crippen LogP contribution in [-0.2, 0) is 0 Å². The van der Waals surface area contributed by atoms with E-state index in [2.05, 4.69) is 0 Å². The number of benzene rings is 2. The Kier molecular flexibility index (Phi) is 4.64. The Balaban J connectivity index is 2.05. The average Bonchev–Trinajstić information content (AvgIpc) is 2.46. The molecule has 2 aromatic carbocycles. The highest BCUT2D eigenvalue weighted by Gasteiger charge is 2.16. The zero-order chi connectivity index (χ0) is 14.5. The molecular formula is C17H21NO2. The first-order valence-electron chi connectivity index (χ1n) is 6.73. The molecule has 20 heavy (non-hydrogen) atoms. The van der Waals surface area contributed by atoms with E-state index in [0.717, 1.165) is 17.1 Å². The molecule has 2 rings (SSSR count). The van der Waals surface area contributed by atoms with Crippen LogP contribution in [0, 0.1) is 6.92 Å². The summed E-state index contributed by atoms with van der Waals surface area (Å²) < 4.78 is 11.1. The molecule has 0 saturated heterocycles. The standard InChI is InChI=1S/C17H21NO2/c1-12-5-4-6-16(11-12)20-13(2)17(18)14-7-9-15(19-3)10-8-14/h4-11,13,17H,18H2,1-3H3. The van der Waals surface area contributed by atoms with E-state index in [1.807, 2.05) is 62.4 Å². The molecule has 2 atom stereocenters. The van der Waals surface area contributed by atoms with Gasteiger partial charge in [-0.15, -0.1) is 0 Å². The number of methoxy groups -OCH3 is 1. The van der Waals surface area contributed by atoms with Crippen molar-refractivity contribution in [3.8, 4) is 11.5 Å². The minimum atomic E-state index is -0.179. The summed E-state index contributed by atoms with van der Waals surface area (Å²) in [7, 11) is 1.65. The molecule has 3 nitrogen and oxygen atoms in total. The van der Waals surface area contributed by atoms with Crippen LogP contribution in [0.2, 0.25) is 0 Å². The minimum Gasteiger partial charge on any atom is -0.497 e. The van der Waals surface area contributed by atoms with E-state index in [4.69, 9.17) is 15.2 Å². The van der Waals surface area contributed by atoms with Crippen LogP contribution in [0.5, 0.6) is 11.5 Å². The number of nitrogens with two attached hydrogens (primary N) is 1. The molecule has 0 amide bonds. The smallest absolute Gasteiger partial charge is 0.120 e. The predicted octanol–water partition coefficient (Wildman–Crippen LogP) is 3.47. The lowest BCUT2D eigenvalue weighted by Gasteiger charge is -2.22. The van der Waals surface area contributed by atoms with Crippen molar-refractivity contribution in [2.24, 2.45) is 5.73 Å². The van der Waals surface area contributed by atoms with Gasteiger partial charge >= 0.3 is 0 Å². The molecule has 106 valence electrons. The Bertz CT molecular complexity index is 551. The van der Waals surface area contributed by atoms with Gasteiger partial charge in [0.25, 0.3) is 0 Å². The summed E-state index contributed by atoms with van der Waals surface area (Å²) in [6.07, 6.45) is -0.106. The topological polar surface area (TPSA) is 44.5 Å². The van der Waals surface area contributed by atoms with Crippen LogP contribution in [0.25, 0.3) is 0 Å². The van der Waals surface area contributed by atoms with E-state index < -0.39 is 0 Å². The van der Waals surface area contributed by atoms with Crippen molar-refractivity contribution >= 4 is 0 Å². The van der Waals surface area contributed by atoms with E-state index in [1.54, 1.807) is 7.11 Å². The van der Waals surface area contributed by atoms with Gasteiger partial charge in [-0.25, -0.2) is 0 Å². The zero-order valence-corrected chi connectivity index (χ0v) is 12.2. The van der Waals surface area contributed by atoms with E-state index in [0.29, 0.717) is 0 Å². The third kappa shape index (κ3) is 3.52. The van der Waals surface area contributed by atoms with Gasteiger partial charge in [0, 0.05) is 0 Å². The van der Waals surface area contributed by atoms with Crippen LogP contribution in [0.15, 0.2) is 48.5 Å². The second kappa shape index (κ2) is 6.44. The van der Waals surface area contributed by atoms with Crippen molar-refractivity contribution < 1.29 is 9.47 Å². The first-order valence-corrected chi connectivity index (χ1v) is 6.73.